The van der Waals surface area contributed by atoms with Crippen LogP contribution in [0.1, 0.15) is 34.8 Å². The van der Waals surface area contributed by atoms with Gasteiger partial charge in [0.05, 0.1) is 24.0 Å². The fraction of sp³-hybridized carbons (Fsp3) is 0.250. The lowest BCUT2D eigenvalue weighted by Crippen LogP contribution is -2.53. The van der Waals surface area contributed by atoms with Crippen molar-refractivity contribution >= 4 is 21.4 Å². The Hall–Kier alpha value is -4.04. The SMILES string of the molecule is C=C(c1ccccc1)[C@]1(Cc2ccccc2)C[C@H]2CO[C@H](O2)[C@H]1OC(=O)CC(c1ccccc1)S(=O)(=O)c1ccccc1. The minimum Gasteiger partial charge on any atom is -0.456 e. The standard InChI is InChI=1S/C36H34O6S/c1-26(28-16-8-3-9-17-28)36(23-27-14-6-2-7-15-27)24-30-25-40-35(41-30)34(36)42-33(37)22-32(29-18-10-4-11-19-29)43(38,39)31-20-12-5-13-21-31/h2-21,30,32,34-35H,1,22-25H2/t30-,32?,34+,35+,36-/m0/s1. The molecule has 4 aromatic rings. The van der Waals surface area contributed by atoms with Crippen LogP contribution in [0, 0.1) is 5.41 Å². The van der Waals surface area contributed by atoms with Crippen LogP contribution in [0.15, 0.2) is 133 Å². The maximum atomic E-state index is 13.9. The molecular weight excluding hydrogens is 560 g/mol. The van der Waals surface area contributed by atoms with Crippen LogP contribution in [0.4, 0.5) is 0 Å². The largest absolute Gasteiger partial charge is 0.456 e. The topological polar surface area (TPSA) is 78.9 Å². The number of sulfone groups is 1. The van der Waals surface area contributed by atoms with E-state index in [1.165, 1.54) is 0 Å². The molecule has 6 nitrogen and oxygen atoms in total. The molecule has 0 aromatic heterocycles. The predicted molar refractivity (Wildman–Crippen MR) is 165 cm³/mol. The van der Waals surface area contributed by atoms with Gasteiger partial charge in [-0.05, 0) is 47.2 Å². The molecule has 2 bridgehead atoms. The van der Waals surface area contributed by atoms with E-state index in [9.17, 15) is 13.2 Å². The second kappa shape index (κ2) is 12.3. The highest BCUT2D eigenvalue weighted by molar-refractivity contribution is 7.91. The van der Waals surface area contributed by atoms with E-state index in [0.717, 1.165) is 16.7 Å². The molecule has 2 aliphatic rings. The third kappa shape index (κ3) is 5.93. The van der Waals surface area contributed by atoms with E-state index < -0.39 is 38.9 Å². The Labute approximate surface area is 252 Å². The monoisotopic (exact) mass is 594 g/mol. The zero-order valence-electron chi connectivity index (χ0n) is 23.7. The van der Waals surface area contributed by atoms with E-state index in [-0.39, 0.29) is 17.4 Å². The Balaban J connectivity index is 1.37. The maximum absolute atomic E-state index is 13.9. The summed E-state index contributed by atoms with van der Waals surface area (Å²) in [6.07, 6.45) is -1.11. The van der Waals surface area contributed by atoms with Crippen molar-refractivity contribution in [2.45, 2.75) is 47.9 Å². The summed E-state index contributed by atoms with van der Waals surface area (Å²) in [5.74, 6) is -0.644. The lowest BCUT2D eigenvalue weighted by atomic mass is 9.65. The van der Waals surface area contributed by atoms with Crippen LogP contribution < -0.4 is 0 Å². The van der Waals surface area contributed by atoms with Gasteiger partial charge in [-0.3, -0.25) is 4.79 Å². The van der Waals surface area contributed by atoms with Gasteiger partial charge in [0, 0.05) is 5.41 Å². The summed E-state index contributed by atoms with van der Waals surface area (Å²) >= 11 is 0. The van der Waals surface area contributed by atoms with Crippen molar-refractivity contribution in [2.24, 2.45) is 5.41 Å². The van der Waals surface area contributed by atoms with Crippen molar-refractivity contribution in [1.29, 1.82) is 0 Å². The van der Waals surface area contributed by atoms with Crippen molar-refractivity contribution in [2.75, 3.05) is 6.61 Å². The van der Waals surface area contributed by atoms with Crippen LogP contribution in [0.2, 0.25) is 0 Å². The minimum atomic E-state index is -3.92. The van der Waals surface area contributed by atoms with E-state index in [1.54, 1.807) is 54.6 Å². The third-order valence-electron chi connectivity index (χ3n) is 8.47. The number of hydrogen-bond donors (Lipinski definition) is 0. The first kappa shape index (κ1) is 29.1. The van der Waals surface area contributed by atoms with Crippen molar-refractivity contribution < 1.29 is 27.4 Å². The van der Waals surface area contributed by atoms with Gasteiger partial charge >= 0.3 is 5.97 Å². The summed E-state index contributed by atoms with van der Waals surface area (Å²) in [5.41, 5.74) is 2.60. The molecule has 2 heterocycles. The van der Waals surface area contributed by atoms with Crippen molar-refractivity contribution in [3.05, 3.63) is 145 Å². The van der Waals surface area contributed by atoms with E-state index in [1.807, 2.05) is 54.6 Å². The zero-order valence-corrected chi connectivity index (χ0v) is 24.6. The zero-order chi connectivity index (χ0) is 29.9. The van der Waals surface area contributed by atoms with Gasteiger partial charge in [0.1, 0.15) is 5.25 Å². The first-order valence-corrected chi connectivity index (χ1v) is 16.0. The summed E-state index contributed by atoms with van der Waals surface area (Å²) in [7, 11) is -3.92. The van der Waals surface area contributed by atoms with Gasteiger partial charge in [-0.1, -0.05) is 116 Å². The van der Waals surface area contributed by atoms with Gasteiger partial charge in [0.15, 0.2) is 22.2 Å². The van der Waals surface area contributed by atoms with Crippen LogP contribution in [-0.2, 0) is 35.3 Å². The number of rotatable bonds is 10. The predicted octanol–water partition coefficient (Wildman–Crippen LogP) is 6.59. The van der Waals surface area contributed by atoms with Crippen LogP contribution in [0.25, 0.3) is 5.57 Å². The Bertz CT molecular complexity index is 1660. The average Bonchev–Trinajstić information content (AvgIpc) is 3.45. The number of benzene rings is 4. The molecule has 4 aromatic carbocycles. The van der Waals surface area contributed by atoms with E-state index in [4.69, 9.17) is 14.2 Å². The molecule has 2 saturated heterocycles. The van der Waals surface area contributed by atoms with Crippen molar-refractivity contribution in [3.8, 4) is 0 Å². The molecule has 5 atom stereocenters. The highest BCUT2D eigenvalue weighted by atomic mass is 32.2. The van der Waals surface area contributed by atoms with Crippen LogP contribution in [0.5, 0.6) is 0 Å². The minimum absolute atomic E-state index is 0.149. The summed E-state index contributed by atoms with van der Waals surface area (Å²) in [4.78, 5) is 14.1. The van der Waals surface area contributed by atoms with E-state index in [2.05, 4.69) is 18.7 Å². The van der Waals surface area contributed by atoms with E-state index in [0.29, 0.717) is 25.0 Å². The molecule has 2 fully saturated rings. The second-order valence-electron chi connectivity index (χ2n) is 11.2. The molecule has 0 N–H and O–H groups in total. The first-order valence-electron chi connectivity index (χ1n) is 14.5. The lowest BCUT2D eigenvalue weighted by Gasteiger charge is -2.47. The molecule has 43 heavy (non-hydrogen) atoms. The van der Waals surface area contributed by atoms with Gasteiger partial charge in [-0.25, -0.2) is 8.42 Å². The highest BCUT2D eigenvalue weighted by Crippen LogP contribution is 2.52. The lowest BCUT2D eigenvalue weighted by molar-refractivity contribution is -0.213. The molecule has 0 saturated carbocycles. The fourth-order valence-corrected chi connectivity index (χ4v) is 8.07. The summed E-state index contributed by atoms with van der Waals surface area (Å²) in [6, 6.07) is 36.9. The average molecular weight is 595 g/mol. The Kier molecular flexibility index (Phi) is 8.30. The van der Waals surface area contributed by atoms with Crippen LogP contribution in [-0.4, -0.2) is 39.5 Å². The fourth-order valence-electron chi connectivity index (χ4n) is 6.34. The number of fused-ring (bicyclic) bond motifs is 2. The molecular formula is C36H34O6S. The third-order valence-corrected chi connectivity index (χ3v) is 10.6. The van der Waals surface area contributed by atoms with Gasteiger partial charge in [-0.2, -0.15) is 0 Å². The molecule has 6 rings (SSSR count). The smallest absolute Gasteiger partial charge is 0.307 e. The van der Waals surface area contributed by atoms with E-state index >= 15 is 0 Å². The Morgan fingerprint density at radius 2 is 1.44 bits per heavy atom. The molecule has 0 radical (unpaired) electrons. The molecule has 0 spiro atoms. The highest BCUT2D eigenvalue weighted by Gasteiger charge is 2.57. The normalized spacial score (nSPS) is 23.8. The van der Waals surface area contributed by atoms with Crippen molar-refractivity contribution in [3.63, 3.8) is 0 Å². The Morgan fingerprint density at radius 1 is 0.860 bits per heavy atom. The van der Waals surface area contributed by atoms with Gasteiger partial charge < -0.3 is 14.2 Å². The number of hydrogen-bond acceptors (Lipinski definition) is 6. The number of ether oxygens (including phenoxy) is 3. The molecule has 7 heteroatoms. The van der Waals surface area contributed by atoms with Crippen LogP contribution in [0.3, 0.4) is 0 Å². The number of esters is 1. The molecule has 2 aliphatic heterocycles. The van der Waals surface area contributed by atoms with Gasteiger partial charge in [0.25, 0.3) is 0 Å². The maximum Gasteiger partial charge on any atom is 0.307 e. The molecule has 0 aliphatic carbocycles. The summed E-state index contributed by atoms with van der Waals surface area (Å²) in [6.45, 7) is 4.94. The number of carbonyl (C=O) groups is 1. The molecule has 220 valence electrons. The first-order chi connectivity index (χ1) is 20.9. The Morgan fingerprint density at radius 3 is 2.09 bits per heavy atom. The summed E-state index contributed by atoms with van der Waals surface area (Å²) in [5, 5.41) is -1.13. The number of carbonyl (C=O) groups excluding carboxylic acids is 1. The van der Waals surface area contributed by atoms with Crippen LogP contribution >= 0.6 is 0 Å². The van der Waals surface area contributed by atoms with Crippen molar-refractivity contribution in [1.82, 2.24) is 0 Å². The van der Waals surface area contributed by atoms with Gasteiger partial charge in [0.2, 0.25) is 0 Å². The molecule has 0 amide bonds. The summed E-state index contributed by atoms with van der Waals surface area (Å²) < 4.78 is 46.3. The van der Waals surface area contributed by atoms with Gasteiger partial charge in [-0.15, -0.1) is 0 Å². The molecule has 1 unspecified atom stereocenters. The quantitative estimate of drug-likeness (QED) is 0.193. The second-order valence-corrected chi connectivity index (χ2v) is 13.3.